The summed E-state index contributed by atoms with van der Waals surface area (Å²) < 4.78 is 5.01. The number of hydrogen-bond donors (Lipinski definition) is 0. The molecule has 2 heterocycles. The average molecular weight is 491 g/mol. The van der Waals surface area contributed by atoms with Crippen LogP contribution in [0.3, 0.4) is 0 Å². The van der Waals surface area contributed by atoms with Crippen molar-refractivity contribution < 1.29 is 0 Å². The van der Waals surface area contributed by atoms with Crippen molar-refractivity contribution in [3.8, 4) is 11.4 Å². The lowest BCUT2D eigenvalue weighted by Crippen LogP contribution is -2.00. The van der Waals surface area contributed by atoms with Crippen LogP contribution in [0.5, 0.6) is 0 Å². The van der Waals surface area contributed by atoms with Gasteiger partial charge in [0.2, 0.25) is 0 Å². The largest absolute Gasteiger partial charge is 0.309 e. The van der Waals surface area contributed by atoms with E-state index in [1.165, 1.54) is 83.7 Å². The SMILES string of the molecule is Cc1cccc(-n2c3ccccc3c3cc4c(cc32)c2ccccc2n4-c2cccc3c2CC(C)C3)c1C. The minimum absolute atomic E-state index is 0.696. The Morgan fingerprint density at radius 3 is 1.82 bits per heavy atom. The second kappa shape index (κ2) is 7.85. The number of nitrogens with zero attached hydrogens (tertiary/aromatic N) is 2. The third-order valence-corrected chi connectivity index (χ3v) is 8.89. The molecule has 0 spiro atoms. The molecule has 1 atom stereocenters. The first-order chi connectivity index (χ1) is 18.6. The maximum atomic E-state index is 2.53. The zero-order valence-electron chi connectivity index (χ0n) is 22.1. The molecular weight excluding hydrogens is 460 g/mol. The lowest BCUT2D eigenvalue weighted by Gasteiger charge is -2.14. The molecule has 2 nitrogen and oxygen atoms in total. The van der Waals surface area contributed by atoms with Crippen molar-refractivity contribution in [3.63, 3.8) is 0 Å². The number of aryl methyl sites for hydroxylation is 1. The maximum absolute atomic E-state index is 2.53. The van der Waals surface area contributed by atoms with Gasteiger partial charge in [0, 0.05) is 32.9 Å². The van der Waals surface area contributed by atoms with Gasteiger partial charge in [-0.15, -0.1) is 0 Å². The van der Waals surface area contributed by atoms with E-state index < -0.39 is 0 Å². The van der Waals surface area contributed by atoms with Gasteiger partial charge in [0.1, 0.15) is 0 Å². The fraction of sp³-hybridized carbons (Fsp3) is 0.167. The minimum Gasteiger partial charge on any atom is -0.309 e. The molecule has 38 heavy (non-hydrogen) atoms. The van der Waals surface area contributed by atoms with Crippen LogP contribution in [0.25, 0.3) is 55.0 Å². The Labute approximate surface area is 222 Å². The first-order valence-corrected chi connectivity index (χ1v) is 13.7. The number of rotatable bonds is 2. The first kappa shape index (κ1) is 21.8. The van der Waals surface area contributed by atoms with E-state index in [-0.39, 0.29) is 0 Å². The Hall–Kier alpha value is -4.30. The van der Waals surface area contributed by atoms with Crippen LogP contribution >= 0.6 is 0 Å². The van der Waals surface area contributed by atoms with Crippen LogP contribution in [-0.2, 0) is 12.8 Å². The molecule has 0 aliphatic heterocycles. The predicted octanol–water partition coefficient (Wildman–Crippen LogP) is 9.23. The van der Waals surface area contributed by atoms with Crippen molar-refractivity contribution in [2.45, 2.75) is 33.6 Å². The van der Waals surface area contributed by atoms with Gasteiger partial charge >= 0.3 is 0 Å². The second-order valence-corrected chi connectivity index (χ2v) is 11.2. The summed E-state index contributed by atoms with van der Waals surface area (Å²) in [4.78, 5) is 0. The van der Waals surface area contributed by atoms with Gasteiger partial charge in [-0.05, 0) is 91.3 Å². The number of fused-ring (bicyclic) bond motifs is 7. The molecular formula is C36H30N2. The highest BCUT2D eigenvalue weighted by Gasteiger charge is 2.24. The van der Waals surface area contributed by atoms with Crippen molar-refractivity contribution in [2.24, 2.45) is 5.92 Å². The topological polar surface area (TPSA) is 9.86 Å². The number of para-hydroxylation sites is 2. The van der Waals surface area contributed by atoms with Gasteiger partial charge in [-0.25, -0.2) is 0 Å². The van der Waals surface area contributed by atoms with Crippen LogP contribution in [-0.4, -0.2) is 9.13 Å². The number of hydrogen-bond acceptors (Lipinski definition) is 0. The van der Waals surface area contributed by atoms with Gasteiger partial charge in [0.25, 0.3) is 0 Å². The van der Waals surface area contributed by atoms with E-state index >= 15 is 0 Å². The van der Waals surface area contributed by atoms with Crippen LogP contribution in [0.4, 0.5) is 0 Å². The third-order valence-electron chi connectivity index (χ3n) is 8.89. The molecule has 2 heteroatoms. The molecule has 8 rings (SSSR count). The highest BCUT2D eigenvalue weighted by molar-refractivity contribution is 6.19. The van der Waals surface area contributed by atoms with Gasteiger partial charge in [-0.3, -0.25) is 0 Å². The van der Waals surface area contributed by atoms with Crippen LogP contribution < -0.4 is 0 Å². The molecule has 2 aromatic heterocycles. The summed E-state index contributed by atoms with van der Waals surface area (Å²) in [6, 6.07) is 36.2. The molecule has 0 saturated carbocycles. The molecule has 0 amide bonds. The van der Waals surface area contributed by atoms with Gasteiger partial charge in [0.15, 0.2) is 0 Å². The summed E-state index contributed by atoms with van der Waals surface area (Å²) in [6.07, 6.45) is 2.32. The second-order valence-electron chi connectivity index (χ2n) is 11.2. The molecule has 5 aromatic carbocycles. The molecule has 0 saturated heterocycles. The molecule has 0 bridgehead atoms. The Balaban J connectivity index is 1.55. The lowest BCUT2D eigenvalue weighted by atomic mass is 10.1. The summed E-state index contributed by atoms with van der Waals surface area (Å²) in [5.41, 5.74) is 13.4. The lowest BCUT2D eigenvalue weighted by molar-refractivity contribution is 0.627. The van der Waals surface area contributed by atoms with Crippen LogP contribution in [0, 0.1) is 19.8 Å². The Morgan fingerprint density at radius 1 is 0.553 bits per heavy atom. The predicted molar refractivity (Wildman–Crippen MR) is 161 cm³/mol. The third kappa shape index (κ3) is 2.89. The molecule has 1 unspecified atom stereocenters. The van der Waals surface area contributed by atoms with Crippen molar-refractivity contribution in [2.75, 3.05) is 0 Å². The van der Waals surface area contributed by atoms with E-state index in [2.05, 4.69) is 127 Å². The fourth-order valence-electron chi connectivity index (χ4n) is 6.98. The van der Waals surface area contributed by atoms with Gasteiger partial charge in [-0.1, -0.05) is 67.6 Å². The van der Waals surface area contributed by atoms with Gasteiger partial charge in [0.05, 0.1) is 22.1 Å². The van der Waals surface area contributed by atoms with Crippen molar-refractivity contribution >= 4 is 43.6 Å². The summed E-state index contributed by atoms with van der Waals surface area (Å²) in [7, 11) is 0. The summed E-state index contributed by atoms with van der Waals surface area (Å²) in [5, 5.41) is 5.23. The smallest absolute Gasteiger partial charge is 0.0548 e. The van der Waals surface area contributed by atoms with E-state index in [1.54, 1.807) is 0 Å². The maximum Gasteiger partial charge on any atom is 0.0548 e. The van der Waals surface area contributed by atoms with Gasteiger partial charge < -0.3 is 9.13 Å². The first-order valence-electron chi connectivity index (χ1n) is 13.7. The van der Waals surface area contributed by atoms with E-state index in [0.717, 1.165) is 6.42 Å². The van der Waals surface area contributed by atoms with Crippen LogP contribution in [0.1, 0.15) is 29.2 Å². The van der Waals surface area contributed by atoms with Crippen LogP contribution in [0.2, 0.25) is 0 Å². The van der Waals surface area contributed by atoms with E-state index in [9.17, 15) is 0 Å². The Kier molecular flexibility index (Phi) is 4.49. The molecule has 1 aliphatic rings. The molecule has 7 aromatic rings. The number of aromatic nitrogens is 2. The van der Waals surface area contributed by atoms with Crippen molar-refractivity contribution in [1.29, 1.82) is 0 Å². The van der Waals surface area contributed by atoms with Crippen LogP contribution in [0.15, 0.2) is 97.1 Å². The molecule has 1 aliphatic carbocycles. The molecule has 0 fully saturated rings. The highest BCUT2D eigenvalue weighted by Crippen LogP contribution is 2.41. The van der Waals surface area contributed by atoms with Crippen molar-refractivity contribution in [3.05, 3.63) is 119 Å². The zero-order valence-corrected chi connectivity index (χ0v) is 22.1. The summed E-state index contributed by atoms with van der Waals surface area (Å²) in [5.74, 6) is 0.696. The monoisotopic (exact) mass is 490 g/mol. The molecule has 0 radical (unpaired) electrons. The fourth-order valence-corrected chi connectivity index (χ4v) is 6.98. The van der Waals surface area contributed by atoms with E-state index in [4.69, 9.17) is 0 Å². The Bertz CT molecular complexity index is 2070. The standard InChI is InChI=1S/C36H30N2/c1-22-18-25-11-9-17-34(28(25)19-22)38-33-15-7-5-13-27(33)30-20-35-29(21-36(30)38)26-12-4-6-14-32(26)37(35)31-16-8-10-23(2)24(31)3/h4-17,20-22H,18-19H2,1-3H3. The normalized spacial score (nSPS) is 15.3. The minimum atomic E-state index is 0.696. The molecule has 184 valence electrons. The van der Waals surface area contributed by atoms with Crippen molar-refractivity contribution in [1.82, 2.24) is 9.13 Å². The molecule has 0 N–H and O–H groups in total. The summed E-state index contributed by atoms with van der Waals surface area (Å²) in [6.45, 7) is 6.83. The quantitative estimate of drug-likeness (QED) is 0.229. The number of benzene rings is 5. The Morgan fingerprint density at radius 2 is 1.13 bits per heavy atom. The average Bonchev–Trinajstić information content (AvgIpc) is 3.58. The van der Waals surface area contributed by atoms with E-state index in [1.807, 2.05) is 0 Å². The van der Waals surface area contributed by atoms with E-state index in [0.29, 0.717) is 5.92 Å². The zero-order chi connectivity index (χ0) is 25.5. The highest BCUT2D eigenvalue weighted by atomic mass is 15.0. The van der Waals surface area contributed by atoms with Gasteiger partial charge in [-0.2, -0.15) is 0 Å². The summed E-state index contributed by atoms with van der Waals surface area (Å²) >= 11 is 0.